The van der Waals surface area contributed by atoms with Crippen LogP contribution in [0.1, 0.15) is 37.6 Å². The van der Waals surface area contributed by atoms with E-state index in [9.17, 15) is 0 Å². The third kappa shape index (κ3) is 3.72. The second-order valence-corrected chi connectivity index (χ2v) is 6.07. The van der Waals surface area contributed by atoms with E-state index in [-0.39, 0.29) is 6.04 Å². The van der Waals surface area contributed by atoms with Crippen LogP contribution in [0.15, 0.2) is 37.4 Å². The van der Waals surface area contributed by atoms with Gasteiger partial charge in [0.2, 0.25) is 5.65 Å². The monoisotopic (exact) mass is 352 g/mol. The van der Waals surface area contributed by atoms with Crippen LogP contribution in [0.2, 0.25) is 0 Å². The number of aryl methyl sites for hydroxylation is 1. The van der Waals surface area contributed by atoms with Gasteiger partial charge in [-0.05, 0) is 38.4 Å². The lowest BCUT2D eigenvalue weighted by Gasteiger charge is -2.15. The summed E-state index contributed by atoms with van der Waals surface area (Å²) < 4.78 is 7.48. The first-order valence-corrected chi connectivity index (χ1v) is 8.78. The Morgan fingerprint density at radius 3 is 3.00 bits per heavy atom. The van der Waals surface area contributed by atoms with E-state index >= 15 is 0 Å². The van der Waals surface area contributed by atoms with Crippen LogP contribution in [0.4, 0.5) is 0 Å². The van der Waals surface area contributed by atoms with Crippen LogP contribution in [-0.2, 0) is 0 Å². The molecule has 0 fully saturated rings. The van der Waals surface area contributed by atoms with Gasteiger partial charge < -0.3 is 10.1 Å². The number of ether oxygens (including phenoxy) is 1. The highest BCUT2D eigenvalue weighted by molar-refractivity contribution is 5.65. The van der Waals surface area contributed by atoms with Crippen molar-refractivity contribution in [3.8, 4) is 17.1 Å². The van der Waals surface area contributed by atoms with Crippen molar-refractivity contribution in [2.24, 2.45) is 0 Å². The Balaban J connectivity index is 2.04. The number of hydrogen-bond donors (Lipinski definition) is 1. The first kappa shape index (κ1) is 18.0. The molecule has 1 atom stereocenters. The molecule has 136 valence electrons. The molecule has 0 saturated carbocycles. The largest absolute Gasteiger partial charge is 0.475 e. The molecule has 0 unspecified atom stereocenters. The molecule has 0 saturated heterocycles. The van der Waals surface area contributed by atoms with Gasteiger partial charge >= 0.3 is 0 Å². The van der Waals surface area contributed by atoms with E-state index < -0.39 is 0 Å². The van der Waals surface area contributed by atoms with Crippen LogP contribution in [0.5, 0.6) is 5.88 Å². The maximum Gasteiger partial charge on any atom is 0.260 e. The van der Waals surface area contributed by atoms with Crippen molar-refractivity contribution in [3.63, 3.8) is 0 Å². The number of rotatable bonds is 8. The number of aromatic nitrogens is 5. The minimum Gasteiger partial charge on any atom is -0.475 e. The second-order valence-electron chi connectivity index (χ2n) is 6.07. The molecule has 26 heavy (non-hydrogen) atoms. The van der Waals surface area contributed by atoms with Crippen molar-refractivity contribution < 1.29 is 4.74 Å². The topological polar surface area (TPSA) is 77.2 Å². The molecule has 0 amide bonds. The lowest BCUT2D eigenvalue weighted by atomic mass is 10.0. The molecule has 1 N–H and O–H groups in total. The number of nitrogens with one attached hydrogen (secondary N) is 1. The zero-order valence-electron chi connectivity index (χ0n) is 15.4. The molecule has 0 radical (unpaired) electrons. The van der Waals surface area contributed by atoms with Gasteiger partial charge in [-0.1, -0.05) is 13.0 Å². The summed E-state index contributed by atoms with van der Waals surface area (Å²) in [5.41, 5.74) is 4.33. The van der Waals surface area contributed by atoms with Crippen molar-refractivity contribution >= 4 is 5.65 Å². The van der Waals surface area contributed by atoms with Gasteiger partial charge in [0.1, 0.15) is 6.33 Å². The zero-order valence-corrected chi connectivity index (χ0v) is 15.4. The highest BCUT2D eigenvalue weighted by Crippen LogP contribution is 2.27. The van der Waals surface area contributed by atoms with Crippen LogP contribution in [0.25, 0.3) is 16.9 Å². The van der Waals surface area contributed by atoms with Gasteiger partial charge in [-0.2, -0.15) is 5.10 Å². The molecule has 3 rings (SSSR count). The van der Waals surface area contributed by atoms with E-state index in [0.717, 1.165) is 35.5 Å². The van der Waals surface area contributed by atoms with Crippen molar-refractivity contribution in [2.75, 3.05) is 13.2 Å². The van der Waals surface area contributed by atoms with Crippen LogP contribution in [-0.4, -0.2) is 37.7 Å². The van der Waals surface area contributed by atoms with Crippen LogP contribution in [0.3, 0.4) is 0 Å². The molecule has 3 heterocycles. The van der Waals surface area contributed by atoms with Crippen LogP contribution in [0, 0.1) is 6.92 Å². The van der Waals surface area contributed by atoms with Crippen LogP contribution < -0.4 is 10.1 Å². The van der Waals surface area contributed by atoms with Gasteiger partial charge in [0.25, 0.3) is 5.88 Å². The fourth-order valence-electron chi connectivity index (χ4n) is 2.74. The molecule has 0 aliphatic rings. The molecular formula is C19H24N6O. The van der Waals surface area contributed by atoms with Gasteiger partial charge in [-0.3, -0.25) is 4.98 Å². The third-order valence-electron chi connectivity index (χ3n) is 4.19. The fourth-order valence-corrected chi connectivity index (χ4v) is 2.74. The average molecular weight is 352 g/mol. The Morgan fingerprint density at radius 1 is 1.38 bits per heavy atom. The van der Waals surface area contributed by atoms with Crippen molar-refractivity contribution in [1.82, 2.24) is 29.9 Å². The normalized spacial score (nSPS) is 12.3. The lowest BCUT2D eigenvalue weighted by Crippen LogP contribution is -2.18. The summed E-state index contributed by atoms with van der Waals surface area (Å²) in [6.07, 6.45) is 7.80. The number of pyridine rings is 1. The van der Waals surface area contributed by atoms with E-state index in [0.29, 0.717) is 18.1 Å². The summed E-state index contributed by atoms with van der Waals surface area (Å²) in [6.45, 7) is 11.3. The Labute approximate surface area is 153 Å². The van der Waals surface area contributed by atoms with Gasteiger partial charge in [-0.15, -0.1) is 6.58 Å². The summed E-state index contributed by atoms with van der Waals surface area (Å²) in [6, 6.07) is 2.33. The summed E-state index contributed by atoms with van der Waals surface area (Å²) in [4.78, 5) is 13.5. The Morgan fingerprint density at radius 2 is 2.23 bits per heavy atom. The zero-order chi connectivity index (χ0) is 18.5. The van der Waals surface area contributed by atoms with Crippen molar-refractivity contribution in [1.29, 1.82) is 0 Å². The molecule has 7 heteroatoms. The maximum absolute atomic E-state index is 5.80. The van der Waals surface area contributed by atoms with Crippen LogP contribution >= 0.6 is 0 Å². The molecule has 7 nitrogen and oxygen atoms in total. The first-order chi connectivity index (χ1) is 12.6. The Kier molecular flexibility index (Phi) is 5.58. The van der Waals surface area contributed by atoms with E-state index in [2.05, 4.69) is 51.9 Å². The molecule has 0 bridgehead atoms. The maximum atomic E-state index is 5.80. The van der Waals surface area contributed by atoms with Gasteiger partial charge in [0, 0.05) is 23.5 Å². The average Bonchev–Trinajstić information content (AvgIpc) is 3.11. The van der Waals surface area contributed by atoms with E-state index in [1.165, 1.54) is 6.33 Å². The lowest BCUT2D eigenvalue weighted by molar-refractivity contribution is 0.314. The van der Waals surface area contributed by atoms with Gasteiger partial charge in [0.15, 0.2) is 0 Å². The van der Waals surface area contributed by atoms with E-state index in [1.54, 1.807) is 4.52 Å². The van der Waals surface area contributed by atoms with Crippen molar-refractivity contribution in [2.45, 2.75) is 33.2 Å². The molecular weight excluding hydrogens is 328 g/mol. The number of hydrogen-bond acceptors (Lipinski definition) is 6. The number of nitrogens with zero attached hydrogens (tertiary/aromatic N) is 5. The SMILES string of the molecule is C=CCCOc1nc(-c2cc([C@@H](C)NCC)cnc2C)cn2ncnc12. The minimum atomic E-state index is 0.213. The second kappa shape index (κ2) is 8.05. The summed E-state index contributed by atoms with van der Waals surface area (Å²) in [5.74, 6) is 0.464. The van der Waals surface area contributed by atoms with Gasteiger partial charge in [0.05, 0.1) is 18.5 Å². The predicted molar refractivity (Wildman–Crippen MR) is 101 cm³/mol. The summed E-state index contributed by atoms with van der Waals surface area (Å²) >= 11 is 0. The molecule has 3 aromatic heterocycles. The van der Waals surface area contributed by atoms with Gasteiger partial charge in [-0.25, -0.2) is 14.5 Å². The minimum absolute atomic E-state index is 0.213. The van der Waals surface area contributed by atoms with E-state index in [1.807, 2.05) is 25.4 Å². The Hall–Kier alpha value is -2.80. The summed E-state index contributed by atoms with van der Waals surface area (Å²) in [7, 11) is 0. The smallest absolute Gasteiger partial charge is 0.260 e. The molecule has 3 aromatic rings. The Bertz CT molecular complexity index is 904. The molecule has 0 spiro atoms. The number of fused-ring (bicyclic) bond motifs is 1. The quantitative estimate of drug-likeness (QED) is 0.496. The highest BCUT2D eigenvalue weighted by atomic mass is 16.5. The first-order valence-electron chi connectivity index (χ1n) is 8.78. The highest BCUT2D eigenvalue weighted by Gasteiger charge is 2.15. The summed E-state index contributed by atoms with van der Waals surface area (Å²) in [5, 5.41) is 7.65. The van der Waals surface area contributed by atoms with E-state index in [4.69, 9.17) is 4.74 Å². The molecule has 0 aliphatic heterocycles. The fraction of sp³-hybridized carbons (Fsp3) is 0.368. The predicted octanol–water partition coefficient (Wildman–Crippen LogP) is 3.12. The third-order valence-corrected chi connectivity index (χ3v) is 4.19. The molecule has 0 aliphatic carbocycles. The standard InChI is InChI=1S/C19H24N6O/c1-5-7-8-26-19-18-22-12-23-25(18)11-17(24-19)16-9-15(10-21-14(16)4)13(3)20-6-2/h5,9-13,20H,1,6-8H2,2-4H3/t13-/m1/s1. The van der Waals surface area contributed by atoms with Crippen molar-refractivity contribution in [3.05, 3.63) is 48.7 Å². The molecule has 0 aromatic carbocycles.